The first-order valence-corrected chi connectivity index (χ1v) is 7.84. The lowest BCUT2D eigenvalue weighted by atomic mass is 9.70. The molecular formula is C20H23NO. The normalized spacial score (nSPS) is 26.6. The van der Waals surface area contributed by atoms with Crippen LogP contribution in [0, 0.1) is 0 Å². The number of hydrogen-bond acceptors (Lipinski definition) is 2. The van der Waals surface area contributed by atoms with Gasteiger partial charge in [0.05, 0.1) is 5.41 Å². The van der Waals surface area contributed by atoms with E-state index in [2.05, 4.69) is 68.3 Å². The Labute approximate surface area is 132 Å². The van der Waals surface area contributed by atoms with Crippen molar-refractivity contribution in [3.8, 4) is 5.75 Å². The highest BCUT2D eigenvalue weighted by atomic mass is 16.3. The van der Waals surface area contributed by atoms with Crippen molar-refractivity contribution in [3.05, 3.63) is 77.5 Å². The fourth-order valence-electron chi connectivity index (χ4n) is 3.87. The molecule has 2 nitrogen and oxygen atoms in total. The van der Waals surface area contributed by atoms with Crippen LogP contribution >= 0.6 is 0 Å². The summed E-state index contributed by atoms with van der Waals surface area (Å²) < 4.78 is 0. The summed E-state index contributed by atoms with van der Waals surface area (Å²) in [5.74, 6) is 0.325. The average molecular weight is 293 g/mol. The molecule has 3 rings (SSSR count). The number of allylic oxidation sites excluding steroid dienone is 2. The summed E-state index contributed by atoms with van der Waals surface area (Å²) in [5.41, 5.74) is 3.55. The predicted octanol–water partition coefficient (Wildman–Crippen LogP) is 4.31. The first kappa shape index (κ1) is 14.7. The molecule has 1 saturated heterocycles. The van der Waals surface area contributed by atoms with E-state index in [1.54, 1.807) is 6.07 Å². The molecule has 1 N–H and O–H groups in total. The van der Waals surface area contributed by atoms with Gasteiger partial charge in [0, 0.05) is 18.8 Å². The lowest BCUT2D eigenvalue weighted by molar-refractivity contribution is 0.375. The molecule has 0 amide bonds. The summed E-state index contributed by atoms with van der Waals surface area (Å²) in [6.07, 6.45) is 3.22. The molecule has 0 saturated carbocycles. The van der Waals surface area contributed by atoms with Crippen LogP contribution in [0.15, 0.2) is 66.4 Å². The Bertz CT molecular complexity index is 692. The van der Waals surface area contributed by atoms with E-state index in [-0.39, 0.29) is 5.41 Å². The van der Waals surface area contributed by atoms with Gasteiger partial charge in [0.2, 0.25) is 0 Å². The van der Waals surface area contributed by atoms with Gasteiger partial charge >= 0.3 is 0 Å². The second-order valence-electron chi connectivity index (χ2n) is 6.16. The number of likely N-dealkylation sites (tertiary alicyclic amines) is 1. The summed E-state index contributed by atoms with van der Waals surface area (Å²) in [6.45, 7) is 4.36. The highest BCUT2D eigenvalue weighted by Gasteiger charge is 2.47. The molecule has 1 aliphatic heterocycles. The quantitative estimate of drug-likeness (QED) is 0.892. The van der Waals surface area contributed by atoms with Crippen molar-refractivity contribution in [1.29, 1.82) is 0 Å². The third-order valence-corrected chi connectivity index (χ3v) is 4.96. The maximum atomic E-state index is 9.99. The van der Waals surface area contributed by atoms with Gasteiger partial charge in [-0.25, -0.2) is 0 Å². The fraction of sp³-hybridized carbons (Fsp3) is 0.300. The number of likely N-dealkylation sites (N-methyl/N-ethyl adjacent to an activating group) is 1. The fourth-order valence-corrected chi connectivity index (χ4v) is 3.87. The van der Waals surface area contributed by atoms with E-state index in [1.165, 1.54) is 11.3 Å². The number of hydrogen-bond donors (Lipinski definition) is 1. The van der Waals surface area contributed by atoms with Crippen LogP contribution in [0.5, 0.6) is 5.75 Å². The molecule has 114 valence electrons. The summed E-state index contributed by atoms with van der Waals surface area (Å²) in [6, 6.07) is 18.8. The van der Waals surface area contributed by atoms with Gasteiger partial charge in [-0.15, -0.1) is 0 Å². The second-order valence-corrected chi connectivity index (χ2v) is 6.16. The standard InChI is InChI=1S/C20H23NO/c1-4-19-20(14-15(2)21(19)3,16-9-6-5-7-10-16)17-11-8-12-18(22)13-17/h4-13,15,22H,14H2,1-3H3/b19-4-. The highest BCUT2D eigenvalue weighted by Crippen LogP contribution is 2.50. The Kier molecular flexibility index (Phi) is 3.69. The van der Waals surface area contributed by atoms with Gasteiger partial charge in [-0.3, -0.25) is 0 Å². The Morgan fingerprint density at radius 3 is 2.41 bits per heavy atom. The van der Waals surface area contributed by atoms with E-state index in [4.69, 9.17) is 0 Å². The number of phenolic OH excluding ortho intramolecular Hbond substituents is 1. The van der Waals surface area contributed by atoms with E-state index in [9.17, 15) is 5.11 Å². The lowest BCUT2D eigenvalue weighted by Crippen LogP contribution is -2.29. The molecule has 2 aromatic rings. The summed E-state index contributed by atoms with van der Waals surface area (Å²) in [4.78, 5) is 2.36. The third kappa shape index (κ3) is 2.10. The predicted molar refractivity (Wildman–Crippen MR) is 90.9 cm³/mol. The minimum Gasteiger partial charge on any atom is -0.508 e. The van der Waals surface area contributed by atoms with E-state index >= 15 is 0 Å². The minimum atomic E-state index is -0.192. The molecular weight excluding hydrogens is 270 g/mol. The van der Waals surface area contributed by atoms with Gasteiger partial charge in [-0.05, 0) is 43.5 Å². The smallest absolute Gasteiger partial charge is 0.115 e. The van der Waals surface area contributed by atoms with Crippen LogP contribution in [0.4, 0.5) is 0 Å². The van der Waals surface area contributed by atoms with Crippen LogP contribution in [0.3, 0.4) is 0 Å². The third-order valence-electron chi connectivity index (χ3n) is 4.96. The van der Waals surface area contributed by atoms with E-state index in [0.717, 1.165) is 12.0 Å². The van der Waals surface area contributed by atoms with Crippen LogP contribution in [0.1, 0.15) is 31.4 Å². The van der Waals surface area contributed by atoms with E-state index in [0.29, 0.717) is 11.8 Å². The van der Waals surface area contributed by atoms with Crippen molar-refractivity contribution >= 4 is 0 Å². The number of aromatic hydroxyl groups is 1. The first-order valence-electron chi connectivity index (χ1n) is 7.84. The summed E-state index contributed by atoms with van der Waals surface area (Å²) >= 11 is 0. The molecule has 2 heteroatoms. The number of benzene rings is 2. The van der Waals surface area contributed by atoms with Crippen molar-refractivity contribution in [2.24, 2.45) is 0 Å². The van der Waals surface area contributed by atoms with Crippen molar-refractivity contribution in [2.45, 2.75) is 31.7 Å². The van der Waals surface area contributed by atoms with Gasteiger partial charge < -0.3 is 10.0 Å². The molecule has 0 bridgehead atoms. The monoisotopic (exact) mass is 293 g/mol. The zero-order valence-electron chi connectivity index (χ0n) is 13.5. The number of nitrogens with zero attached hydrogens (tertiary/aromatic N) is 1. The van der Waals surface area contributed by atoms with Crippen LogP contribution < -0.4 is 0 Å². The lowest BCUT2D eigenvalue weighted by Gasteiger charge is -2.33. The maximum absolute atomic E-state index is 9.99. The van der Waals surface area contributed by atoms with Crippen molar-refractivity contribution < 1.29 is 5.11 Å². The zero-order chi connectivity index (χ0) is 15.7. The van der Waals surface area contributed by atoms with Gasteiger partial charge in [0.15, 0.2) is 0 Å². The molecule has 2 unspecified atom stereocenters. The van der Waals surface area contributed by atoms with E-state index in [1.807, 2.05) is 12.1 Å². The Hall–Kier alpha value is -2.22. The zero-order valence-corrected chi connectivity index (χ0v) is 13.5. The van der Waals surface area contributed by atoms with Gasteiger partial charge in [-0.1, -0.05) is 48.5 Å². The van der Waals surface area contributed by atoms with Crippen LogP contribution in [0.25, 0.3) is 0 Å². The molecule has 0 radical (unpaired) electrons. The first-order chi connectivity index (χ1) is 10.6. The van der Waals surface area contributed by atoms with Crippen molar-refractivity contribution in [1.82, 2.24) is 4.90 Å². The molecule has 1 aliphatic rings. The largest absolute Gasteiger partial charge is 0.508 e. The molecule has 2 aromatic carbocycles. The summed E-state index contributed by atoms with van der Waals surface area (Å²) in [7, 11) is 2.16. The SMILES string of the molecule is C/C=C1\N(C)C(C)CC1(c1ccccc1)c1cccc(O)c1. The number of phenols is 1. The van der Waals surface area contributed by atoms with Crippen LogP contribution in [0.2, 0.25) is 0 Å². The molecule has 1 heterocycles. The molecule has 0 spiro atoms. The average Bonchev–Trinajstić information content (AvgIpc) is 2.80. The molecule has 1 fully saturated rings. The topological polar surface area (TPSA) is 23.5 Å². The van der Waals surface area contributed by atoms with E-state index < -0.39 is 0 Å². The molecule has 22 heavy (non-hydrogen) atoms. The van der Waals surface area contributed by atoms with Crippen LogP contribution in [-0.4, -0.2) is 23.1 Å². The molecule has 0 aromatic heterocycles. The Balaban J connectivity index is 2.29. The summed E-state index contributed by atoms with van der Waals surface area (Å²) in [5, 5.41) is 9.99. The second kappa shape index (κ2) is 5.53. The molecule has 2 atom stereocenters. The Morgan fingerprint density at radius 1 is 1.09 bits per heavy atom. The van der Waals surface area contributed by atoms with Crippen LogP contribution in [-0.2, 0) is 5.41 Å². The van der Waals surface area contributed by atoms with Gasteiger partial charge in [-0.2, -0.15) is 0 Å². The van der Waals surface area contributed by atoms with Crippen molar-refractivity contribution in [2.75, 3.05) is 7.05 Å². The maximum Gasteiger partial charge on any atom is 0.115 e. The highest BCUT2D eigenvalue weighted by molar-refractivity contribution is 5.52. The number of rotatable bonds is 2. The van der Waals surface area contributed by atoms with Gasteiger partial charge in [0.1, 0.15) is 5.75 Å². The molecule has 0 aliphatic carbocycles. The minimum absolute atomic E-state index is 0.192. The Morgan fingerprint density at radius 2 is 1.77 bits per heavy atom. The van der Waals surface area contributed by atoms with Gasteiger partial charge in [0.25, 0.3) is 0 Å². The van der Waals surface area contributed by atoms with Crippen molar-refractivity contribution in [3.63, 3.8) is 0 Å².